The summed E-state index contributed by atoms with van der Waals surface area (Å²) in [5, 5.41) is 22.3. The Morgan fingerprint density at radius 2 is 1.96 bits per heavy atom. The number of aromatic nitrogens is 2. The third-order valence-corrected chi connectivity index (χ3v) is 5.47. The summed E-state index contributed by atoms with van der Waals surface area (Å²) in [4.78, 5) is 26.8. The largest absolute Gasteiger partial charge is 0.481 e. The van der Waals surface area contributed by atoms with Gasteiger partial charge in [0, 0.05) is 11.5 Å². The molecule has 28 heavy (non-hydrogen) atoms. The highest BCUT2D eigenvalue weighted by atomic mass is 16.5. The Bertz CT molecular complexity index is 811. The first kappa shape index (κ1) is 20.0. The molecule has 0 unspecified atom stereocenters. The van der Waals surface area contributed by atoms with E-state index in [2.05, 4.69) is 10.1 Å². The van der Waals surface area contributed by atoms with Crippen molar-refractivity contribution in [2.75, 3.05) is 0 Å². The lowest BCUT2D eigenvalue weighted by atomic mass is 9.84. The fraction of sp³-hybridized carbons (Fsp3) is 0.524. The fourth-order valence-electron chi connectivity index (χ4n) is 3.96. The van der Waals surface area contributed by atoms with Crippen LogP contribution in [-0.4, -0.2) is 32.3 Å². The Balaban J connectivity index is 1.68. The predicted molar refractivity (Wildman–Crippen MR) is 102 cm³/mol. The molecular weight excluding hydrogens is 360 g/mol. The Kier molecular flexibility index (Phi) is 6.79. The minimum atomic E-state index is -1.03. The molecule has 0 amide bonds. The second-order valence-electron chi connectivity index (χ2n) is 7.57. The zero-order valence-corrected chi connectivity index (χ0v) is 15.8. The molecule has 2 aromatic rings. The van der Waals surface area contributed by atoms with Crippen LogP contribution in [0.5, 0.6) is 0 Å². The van der Waals surface area contributed by atoms with Crippen molar-refractivity contribution in [3.8, 4) is 11.4 Å². The highest BCUT2D eigenvalue weighted by molar-refractivity contribution is 5.89. The van der Waals surface area contributed by atoms with Crippen LogP contribution in [0.4, 0.5) is 0 Å². The van der Waals surface area contributed by atoms with Crippen LogP contribution in [0.3, 0.4) is 0 Å². The van der Waals surface area contributed by atoms with Gasteiger partial charge in [-0.3, -0.25) is 4.79 Å². The molecule has 0 bridgehead atoms. The predicted octanol–water partition coefficient (Wildman–Crippen LogP) is 4.74. The smallest absolute Gasteiger partial charge is 0.335 e. The molecular formula is C21H26N2O5. The van der Waals surface area contributed by atoms with Crippen molar-refractivity contribution >= 4 is 11.9 Å². The molecule has 7 heteroatoms. The zero-order valence-electron chi connectivity index (χ0n) is 15.8. The van der Waals surface area contributed by atoms with Crippen molar-refractivity contribution in [3.63, 3.8) is 0 Å². The quantitative estimate of drug-likeness (QED) is 0.639. The average molecular weight is 386 g/mol. The molecule has 1 atom stereocenters. The van der Waals surface area contributed by atoms with E-state index in [-0.39, 0.29) is 23.7 Å². The first-order chi connectivity index (χ1) is 13.5. The van der Waals surface area contributed by atoms with E-state index < -0.39 is 11.9 Å². The summed E-state index contributed by atoms with van der Waals surface area (Å²) in [6.07, 6.45) is 9.15. The summed E-state index contributed by atoms with van der Waals surface area (Å²) in [6.45, 7) is 0. The molecule has 0 spiro atoms. The van der Waals surface area contributed by atoms with Crippen LogP contribution in [0, 0.1) is 5.92 Å². The highest BCUT2D eigenvalue weighted by Crippen LogP contribution is 2.31. The Labute approximate surface area is 163 Å². The van der Waals surface area contributed by atoms with Crippen LogP contribution in [0.25, 0.3) is 11.4 Å². The summed E-state index contributed by atoms with van der Waals surface area (Å²) in [7, 11) is 0. The van der Waals surface area contributed by atoms with Gasteiger partial charge in [-0.25, -0.2) is 4.79 Å². The SMILES string of the molecule is O=C(O)C[C@@H](CCCC1CCCCC1)c1nc(-c2cccc(C(=O)O)c2)no1. The maximum Gasteiger partial charge on any atom is 0.335 e. The Morgan fingerprint density at radius 3 is 2.68 bits per heavy atom. The minimum absolute atomic E-state index is 0.0541. The van der Waals surface area contributed by atoms with E-state index in [0.717, 1.165) is 18.8 Å². The summed E-state index contributed by atoms with van der Waals surface area (Å²) < 4.78 is 5.35. The number of hydrogen-bond acceptors (Lipinski definition) is 5. The highest BCUT2D eigenvalue weighted by Gasteiger charge is 2.23. The number of aromatic carboxylic acids is 1. The fourth-order valence-corrected chi connectivity index (χ4v) is 3.96. The second kappa shape index (κ2) is 9.48. The molecule has 1 aliphatic carbocycles. The summed E-state index contributed by atoms with van der Waals surface area (Å²) in [5.74, 6) is -0.920. The van der Waals surface area contributed by atoms with Crippen molar-refractivity contribution in [2.24, 2.45) is 5.92 Å². The van der Waals surface area contributed by atoms with E-state index in [1.807, 2.05) is 0 Å². The third kappa shape index (κ3) is 5.41. The number of rotatable bonds is 9. The van der Waals surface area contributed by atoms with Crippen molar-refractivity contribution in [3.05, 3.63) is 35.7 Å². The van der Waals surface area contributed by atoms with Crippen molar-refractivity contribution in [1.29, 1.82) is 0 Å². The first-order valence-corrected chi connectivity index (χ1v) is 9.92. The Morgan fingerprint density at radius 1 is 1.18 bits per heavy atom. The van der Waals surface area contributed by atoms with Crippen molar-refractivity contribution in [1.82, 2.24) is 10.1 Å². The monoisotopic (exact) mass is 386 g/mol. The minimum Gasteiger partial charge on any atom is -0.481 e. The van der Waals surface area contributed by atoms with Gasteiger partial charge in [0.15, 0.2) is 0 Å². The van der Waals surface area contributed by atoms with Gasteiger partial charge < -0.3 is 14.7 Å². The van der Waals surface area contributed by atoms with Crippen molar-refractivity contribution in [2.45, 2.75) is 63.7 Å². The normalized spacial score (nSPS) is 16.0. The lowest BCUT2D eigenvalue weighted by Gasteiger charge is -2.21. The lowest BCUT2D eigenvalue weighted by molar-refractivity contribution is -0.137. The molecule has 1 heterocycles. The van der Waals surface area contributed by atoms with Gasteiger partial charge in [0.05, 0.1) is 12.0 Å². The van der Waals surface area contributed by atoms with E-state index in [4.69, 9.17) is 9.63 Å². The molecule has 0 saturated heterocycles. The number of aliphatic carboxylic acids is 1. The van der Waals surface area contributed by atoms with Crippen molar-refractivity contribution < 1.29 is 24.3 Å². The van der Waals surface area contributed by atoms with Gasteiger partial charge in [-0.05, 0) is 24.5 Å². The summed E-state index contributed by atoms with van der Waals surface area (Å²) >= 11 is 0. The van der Waals surface area contributed by atoms with E-state index in [1.165, 1.54) is 44.2 Å². The lowest BCUT2D eigenvalue weighted by Crippen LogP contribution is -2.10. The van der Waals surface area contributed by atoms with Crippen LogP contribution < -0.4 is 0 Å². The van der Waals surface area contributed by atoms with Gasteiger partial charge in [0.1, 0.15) is 0 Å². The third-order valence-electron chi connectivity index (χ3n) is 5.47. The zero-order chi connectivity index (χ0) is 19.9. The molecule has 1 saturated carbocycles. The maximum absolute atomic E-state index is 11.3. The van der Waals surface area contributed by atoms with E-state index >= 15 is 0 Å². The van der Waals surface area contributed by atoms with E-state index in [9.17, 15) is 14.7 Å². The van der Waals surface area contributed by atoms with E-state index in [1.54, 1.807) is 12.1 Å². The van der Waals surface area contributed by atoms with Crippen LogP contribution in [0.15, 0.2) is 28.8 Å². The molecule has 1 fully saturated rings. The van der Waals surface area contributed by atoms with E-state index in [0.29, 0.717) is 17.9 Å². The van der Waals surface area contributed by atoms with Crippen LogP contribution in [0.1, 0.15) is 80.0 Å². The molecule has 2 N–H and O–H groups in total. The topological polar surface area (TPSA) is 114 Å². The van der Waals surface area contributed by atoms with Crippen LogP contribution >= 0.6 is 0 Å². The molecule has 0 radical (unpaired) electrons. The van der Waals surface area contributed by atoms with Gasteiger partial charge in [0.25, 0.3) is 0 Å². The van der Waals surface area contributed by atoms with Crippen LogP contribution in [0.2, 0.25) is 0 Å². The molecule has 1 aromatic heterocycles. The number of nitrogens with zero attached hydrogens (tertiary/aromatic N) is 2. The molecule has 0 aliphatic heterocycles. The number of benzene rings is 1. The number of carboxylic acid groups (broad SMARTS) is 2. The average Bonchev–Trinajstić information content (AvgIpc) is 3.18. The molecule has 150 valence electrons. The summed E-state index contributed by atoms with van der Waals surface area (Å²) in [6, 6.07) is 6.29. The van der Waals surface area contributed by atoms with Gasteiger partial charge in [-0.15, -0.1) is 0 Å². The number of carboxylic acids is 2. The van der Waals surface area contributed by atoms with Gasteiger partial charge in [-0.1, -0.05) is 62.2 Å². The number of carbonyl (C=O) groups is 2. The summed E-state index contributed by atoms with van der Waals surface area (Å²) in [5.41, 5.74) is 0.671. The van der Waals surface area contributed by atoms with Gasteiger partial charge in [-0.2, -0.15) is 4.98 Å². The molecule has 7 nitrogen and oxygen atoms in total. The molecule has 3 rings (SSSR count). The Hall–Kier alpha value is -2.70. The second-order valence-corrected chi connectivity index (χ2v) is 7.57. The standard InChI is InChI=1S/C21H26N2O5/c24-18(25)13-16(10-4-8-14-6-2-1-3-7-14)20-22-19(23-28-20)15-9-5-11-17(12-15)21(26)27/h5,9,11-12,14,16H,1-4,6-8,10,13H2,(H,24,25)(H,26,27)/t16-/m1/s1. The van der Waals surface area contributed by atoms with Gasteiger partial charge >= 0.3 is 11.9 Å². The van der Waals surface area contributed by atoms with Crippen LogP contribution in [-0.2, 0) is 4.79 Å². The molecule has 1 aliphatic rings. The number of hydrogen-bond donors (Lipinski definition) is 2. The molecule has 1 aromatic carbocycles. The first-order valence-electron chi connectivity index (χ1n) is 9.92. The van der Waals surface area contributed by atoms with Gasteiger partial charge in [0.2, 0.25) is 11.7 Å². The maximum atomic E-state index is 11.3.